The van der Waals surface area contributed by atoms with Gasteiger partial charge in [0.2, 0.25) is 0 Å². The molecule has 0 fully saturated rings. The predicted octanol–water partition coefficient (Wildman–Crippen LogP) is 5.75. The molecule has 2 aromatic rings. The molecule has 0 aliphatic carbocycles. The summed E-state index contributed by atoms with van der Waals surface area (Å²) in [5.74, 6) is -0.223. The Kier molecular flexibility index (Phi) is 7.13. The van der Waals surface area contributed by atoms with Crippen molar-refractivity contribution >= 4 is 5.78 Å². The summed E-state index contributed by atoms with van der Waals surface area (Å²) in [6.07, 6.45) is 5.67. The first-order valence-electron chi connectivity index (χ1n) is 10.6. The molecule has 2 aromatic carbocycles. The van der Waals surface area contributed by atoms with Gasteiger partial charge in [0.15, 0.2) is 17.3 Å². The van der Waals surface area contributed by atoms with Crippen molar-refractivity contribution in [3.8, 4) is 28.7 Å². The fourth-order valence-electron chi connectivity index (χ4n) is 3.75. The molecule has 0 radical (unpaired) electrons. The van der Waals surface area contributed by atoms with Crippen molar-refractivity contribution in [1.29, 1.82) is 0 Å². The van der Waals surface area contributed by atoms with Crippen molar-refractivity contribution in [2.75, 3.05) is 7.11 Å². The second-order valence-corrected chi connectivity index (χ2v) is 8.34. The summed E-state index contributed by atoms with van der Waals surface area (Å²) >= 11 is 0. The third-order valence-electron chi connectivity index (χ3n) is 5.59. The molecular formula is C26H30O6. The number of ether oxygens (including phenoxy) is 2. The van der Waals surface area contributed by atoms with Crippen molar-refractivity contribution in [1.82, 2.24) is 0 Å². The van der Waals surface area contributed by atoms with Crippen LogP contribution >= 0.6 is 0 Å². The Hall–Kier alpha value is -3.41. The van der Waals surface area contributed by atoms with Gasteiger partial charge in [-0.1, -0.05) is 29.4 Å². The zero-order valence-corrected chi connectivity index (χ0v) is 18.9. The Balaban J connectivity index is 1.84. The summed E-state index contributed by atoms with van der Waals surface area (Å²) in [5, 5.41) is 31.1. The van der Waals surface area contributed by atoms with E-state index in [0.717, 1.165) is 18.4 Å². The Labute approximate surface area is 188 Å². The Bertz CT molecular complexity index is 1080. The van der Waals surface area contributed by atoms with Crippen molar-refractivity contribution in [2.45, 2.75) is 52.6 Å². The molecule has 0 bridgehead atoms. The maximum absolute atomic E-state index is 12.9. The number of hydrogen-bond donors (Lipinski definition) is 3. The Morgan fingerprint density at radius 1 is 1.12 bits per heavy atom. The minimum absolute atomic E-state index is 0.0112. The van der Waals surface area contributed by atoms with Crippen LogP contribution < -0.4 is 9.47 Å². The molecule has 6 heteroatoms. The number of methoxy groups -OCH3 is 1. The fourth-order valence-corrected chi connectivity index (χ4v) is 3.75. The normalized spacial score (nSPS) is 15.7. The predicted molar refractivity (Wildman–Crippen MR) is 123 cm³/mol. The van der Waals surface area contributed by atoms with Crippen molar-refractivity contribution in [2.24, 2.45) is 0 Å². The molecule has 0 spiro atoms. The Morgan fingerprint density at radius 3 is 2.56 bits per heavy atom. The molecule has 6 nitrogen and oxygen atoms in total. The third-order valence-corrected chi connectivity index (χ3v) is 5.59. The van der Waals surface area contributed by atoms with Gasteiger partial charge >= 0.3 is 0 Å². The van der Waals surface area contributed by atoms with E-state index in [4.69, 9.17) is 9.47 Å². The summed E-state index contributed by atoms with van der Waals surface area (Å²) in [6.45, 7) is 6.13. The zero-order valence-electron chi connectivity index (χ0n) is 18.9. The summed E-state index contributed by atoms with van der Waals surface area (Å²) in [7, 11) is 1.44. The van der Waals surface area contributed by atoms with Gasteiger partial charge in [0.05, 0.1) is 13.5 Å². The van der Waals surface area contributed by atoms with Gasteiger partial charge in [0.1, 0.15) is 28.9 Å². The summed E-state index contributed by atoms with van der Waals surface area (Å²) in [6, 6.07) is 6.12. The number of carbonyl (C=O) groups is 1. The van der Waals surface area contributed by atoms with Gasteiger partial charge < -0.3 is 24.8 Å². The van der Waals surface area contributed by atoms with E-state index in [1.807, 2.05) is 13.0 Å². The van der Waals surface area contributed by atoms with Gasteiger partial charge in [-0.25, -0.2) is 0 Å². The lowest BCUT2D eigenvalue weighted by atomic mass is 9.92. The molecule has 1 aliphatic rings. The molecule has 0 saturated carbocycles. The van der Waals surface area contributed by atoms with Crippen molar-refractivity contribution < 1.29 is 29.6 Å². The first-order chi connectivity index (χ1) is 15.2. The lowest BCUT2D eigenvalue weighted by molar-refractivity contribution is 0.0844. The van der Waals surface area contributed by atoms with Crippen LogP contribution in [0.4, 0.5) is 0 Å². The summed E-state index contributed by atoms with van der Waals surface area (Å²) in [4.78, 5) is 12.9. The third kappa shape index (κ3) is 5.07. The van der Waals surface area contributed by atoms with E-state index in [2.05, 4.69) is 19.9 Å². The molecule has 170 valence electrons. The number of ketones is 1. The highest BCUT2D eigenvalue weighted by molar-refractivity contribution is 6.03. The van der Waals surface area contributed by atoms with Crippen LogP contribution in [0.25, 0.3) is 0 Å². The van der Waals surface area contributed by atoms with Crippen LogP contribution in [0.5, 0.6) is 28.7 Å². The van der Waals surface area contributed by atoms with E-state index in [0.29, 0.717) is 17.5 Å². The molecule has 0 saturated heterocycles. The molecule has 1 unspecified atom stereocenters. The highest BCUT2D eigenvalue weighted by atomic mass is 16.5. The molecule has 1 aliphatic heterocycles. The average Bonchev–Trinajstić information content (AvgIpc) is 2.73. The number of hydrogen-bond acceptors (Lipinski definition) is 6. The van der Waals surface area contributed by atoms with Crippen LogP contribution in [0, 0.1) is 0 Å². The first kappa shape index (κ1) is 23.3. The zero-order chi connectivity index (χ0) is 23.4. The highest BCUT2D eigenvalue weighted by Crippen LogP contribution is 2.45. The van der Waals surface area contributed by atoms with Gasteiger partial charge in [-0.3, -0.25) is 4.79 Å². The Morgan fingerprint density at radius 2 is 1.88 bits per heavy atom. The number of rotatable bonds is 7. The molecule has 32 heavy (non-hydrogen) atoms. The monoisotopic (exact) mass is 438 g/mol. The first-order valence-corrected chi connectivity index (χ1v) is 10.6. The number of phenols is 3. The number of benzene rings is 2. The van der Waals surface area contributed by atoms with Gasteiger partial charge in [-0.15, -0.1) is 0 Å². The smallest absolute Gasteiger partial charge is 0.174 e. The van der Waals surface area contributed by atoms with Crippen molar-refractivity contribution in [3.63, 3.8) is 0 Å². The summed E-state index contributed by atoms with van der Waals surface area (Å²) in [5.41, 5.74) is 3.47. The topological polar surface area (TPSA) is 96.2 Å². The van der Waals surface area contributed by atoms with E-state index >= 15 is 0 Å². The standard InChI is InChI=1S/C26H30O6/c1-15(2)6-5-7-16(3)8-10-18-20(28)13-24-25(26(18)30)21(29)14-22(32-24)17-9-11-19(27)23(12-17)31-4/h6,8-9,11-13,22,27-28,30H,5,7,10,14H2,1-4H3. The molecule has 3 rings (SSSR count). The van der Waals surface area contributed by atoms with E-state index in [1.165, 1.54) is 24.8 Å². The number of allylic oxidation sites excluding steroid dienone is 4. The molecule has 0 amide bonds. The van der Waals surface area contributed by atoms with Crippen LogP contribution in [0.15, 0.2) is 47.6 Å². The van der Waals surface area contributed by atoms with E-state index in [9.17, 15) is 20.1 Å². The van der Waals surface area contributed by atoms with Crippen LogP contribution in [0.1, 0.15) is 67.6 Å². The van der Waals surface area contributed by atoms with Crippen LogP contribution in [-0.4, -0.2) is 28.2 Å². The van der Waals surface area contributed by atoms with Gasteiger partial charge in [-0.2, -0.15) is 0 Å². The maximum atomic E-state index is 12.9. The fraction of sp³-hybridized carbons (Fsp3) is 0.346. The lowest BCUT2D eigenvalue weighted by Crippen LogP contribution is -2.21. The number of carbonyl (C=O) groups excluding carboxylic acids is 1. The van der Waals surface area contributed by atoms with Gasteiger partial charge in [0, 0.05) is 11.6 Å². The number of phenolic OH excluding ortho intramolecular Hbond substituents is 3. The number of Topliss-reactive ketones (excluding diaryl/α,β-unsaturated/α-hetero) is 1. The molecular weight excluding hydrogens is 408 g/mol. The molecule has 0 aromatic heterocycles. The molecule has 1 atom stereocenters. The van der Waals surface area contributed by atoms with E-state index in [-0.39, 0.29) is 46.5 Å². The largest absolute Gasteiger partial charge is 0.507 e. The average molecular weight is 439 g/mol. The lowest BCUT2D eigenvalue weighted by Gasteiger charge is -2.27. The van der Waals surface area contributed by atoms with Crippen molar-refractivity contribution in [3.05, 3.63) is 64.3 Å². The molecule has 3 N–H and O–H groups in total. The highest BCUT2D eigenvalue weighted by Gasteiger charge is 2.33. The second kappa shape index (κ2) is 9.81. The second-order valence-electron chi connectivity index (χ2n) is 8.34. The minimum atomic E-state index is -0.619. The number of aromatic hydroxyl groups is 3. The van der Waals surface area contributed by atoms with Gasteiger partial charge in [-0.05, 0) is 57.7 Å². The SMILES string of the molecule is COc1cc(C2CC(=O)c3c(cc(O)c(CC=C(C)CCC=C(C)C)c3O)O2)ccc1O. The van der Waals surface area contributed by atoms with Gasteiger partial charge in [0.25, 0.3) is 0 Å². The minimum Gasteiger partial charge on any atom is -0.507 e. The summed E-state index contributed by atoms with van der Waals surface area (Å²) < 4.78 is 11.1. The maximum Gasteiger partial charge on any atom is 0.174 e. The van der Waals surface area contributed by atoms with Crippen LogP contribution in [0.3, 0.4) is 0 Å². The van der Waals surface area contributed by atoms with Crippen LogP contribution in [-0.2, 0) is 6.42 Å². The quantitative estimate of drug-likeness (QED) is 0.476. The van der Waals surface area contributed by atoms with Crippen LogP contribution in [0.2, 0.25) is 0 Å². The molecule has 1 heterocycles. The number of fused-ring (bicyclic) bond motifs is 1. The van der Waals surface area contributed by atoms with E-state index in [1.54, 1.807) is 12.1 Å². The van der Waals surface area contributed by atoms with E-state index < -0.39 is 6.10 Å².